The number of carbonyl (C=O) groups is 1. The maximum Gasteiger partial charge on any atom is 0.305 e. The smallest absolute Gasteiger partial charge is 0.305 e. The Kier molecular flexibility index (Phi) is 22.0. The van der Waals surface area contributed by atoms with Crippen molar-refractivity contribution in [2.75, 3.05) is 6.61 Å². The maximum atomic E-state index is 12.7. The summed E-state index contributed by atoms with van der Waals surface area (Å²) in [6.45, 7) is 16.7. The summed E-state index contributed by atoms with van der Waals surface area (Å²) in [5.41, 5.74) is 2.05. The largest absolute Gasteiger partial charge is 0.463 e. The van der Waals surface area contributed by atoms with E-state index in [1.165, 1.54) is 134 Å². The highest BCUT2D eigenvalue weighted by atomic mass is 16.7. The van der Waals surface area contributed by atoms with E-state index in [0.717, 1.165) is 62.7 Å². The van der Waals surface area contributed by atoms with Crippen LogP contribution >= 0.6 is 0 Å². The fraction of sp³-hybridized carbons (Fsp3) is 0.911. The normalized spacial score (nSPS) is 35.3. The van der Waals surface area contributed by atoms with Crippen LogP contribution in [0.15, 0.2) is 23.8 Å². The zero-order chi connectivity index (χ0) is 45.4. The molecule has 3 saturated carbocycles. The highest BCUT2D eigenvalue weighted by Crippen LogP contribution is 2.67. The average Bonchev–Trinajstić information content (AvgIpc) is 3.63. The molecule has 1 saturated heterocycles. The number of allylic oxidation sites excluding steroid dienone is 3. The van der Waals surface area contributed by atoms with Gasteiger partial charge in [0.1, 0.15) is 31.0 Å². The van der Waals surface area contributed by atoms with Crippen molar-refractivity contribution in [3.8, 4) is 0 Å². The molecule has 14 atom stereocenters. The van der Waals surface area contributed by atoms with E-state index in [0.29, 0.717) is 35.5 Å². The van der Waals surface area contributed by atoms with Crippen molar-refractivity contribution in [2.45, 2.75) is 265 Å². The van der Waals surface area contributed by atoms with E-state index < -0.39 is 30.7 Å². The van der Waals surface area contributed by atoms with Crippen molar-refractivity contribution < 1.29 is 34.3 Å². The first kappa shape index (κ1) is 52.7. The molecule has 1 heterocycles. The number of hydrogen-bond acceptors (Lipinski definition) is 7. The summed E-state index contributed by atoms with van der Waals surface area (Å²) >= 11 is 0. The first-order chi connectivity index (χ1) is 30.3. The van der Waals surface area contributed by atoms with Gasteiger partial charge in [0.25, 0.3) is 0 Å². The summed E-state index contributed by atoms with van der Waals surface area (Å²) in [7, 11) is 0. The highest BCUT2D eigenvalue weighted by Gasteiger charge is 2.59. The van der Waals surface area contributed by atoms with Crippen LogP contribution in [0.25, 0.3) is 0 Å². The fourth-order valence-corrected chi connectivity index (χ4v) is 13.3. The fourth-order valence-electron chi connectivity index (χ4n) is 13.3. The van der Waals surface area contributed by atoms with E-state index in [9.17, 15) is 20.1 Å². The first-order valence-electron chi connectivity index (χ1n) is 27.2. The van der Waals surface area contributed by atoms with Gasteiger partial charge in [0.05, 0.1) is 6.10 Å². The number of rotatable bonds is 28. The predicted octanol–water partition coefficient (Wildman–Crippen LogP) is 13.6. The van der Waals surface area contributed by atoms with Gasteiger partial charge in [0.15, 0.2) is 6.29 Å². The molecule has 3 N–H and O–H groups in total. The molecule has 7 heteroatoms. The lowest BCUT2D eigenvalue weighted by molar-refractivity contribution is -0.313. The number of hydrogen-bond donors (Lipinski definition) is 3. The van der Waals surface area contributed by atoms with Crippen molar-refractivity contribution in [1.29, 1.82) is 0 Å². The lowest BCUT2D eigenvalue weighted by atomic mass is 9.47. The van der Waals surface area contributed by atoms with Crippen LogP contribution in [0.1, 0.15) is 228 Å². The zero-order valence-corrected chi connectivity index (χ0v) is 41.7. The second-order valence-electron chi connectivity index (χ2n) is 22.6. The molecule has 7 nitrogen and oxygen atoms in total. The van der Waals surface area contributed by atoms with Gasteiger partial charge in [-0.3, -0.25) is 4.79 Å². The van der Waals surface area contributed by atoms with Gasteiger partial charge in [0, 0.05) is 6.42 Å². The van der Waals surface area contributed by atoms with Gasteiger partial charge in [-0.25, -0.2) is 0 Å². The Bertz CT molecular complexity index is 1380. The van der Waals surface area contributed by atoms with Gasteiger partial charge in [0.2, 0.25) is 0 Å². The van der Waals surface area contributed by atoms with Gasteiger partial charge in [-0.2, -0.15) is 0 Å². The topological polar surface area (TPSA) is 105 Å². The van der Waals surface area contributed by atoms with Crippen molar-refractivity contribution in [3.05, 3.63) is 23.8 Å². The second-order valence-corrected chi connectivity index (χ2v) is 22.6. The number of aliphatic hydroxyl groups excluding tert-OH is 3. The molecule has 0 bridgehead atoms. The number of carbonyl (C=O) groups excluding carboxylic acids is 1. The molecule has 4 aliphatic carbocycles. The van der Waals surface area contributed by atoms with Crippen LogP contribution in [0, 0.1) is 52.3 Å². The van der Waals surface area contributed by atoms with E-state index in [-0.39, 0.29) is 24.1 Å². The summed E-state index contributed by atoms with van der Waals surface area (Å²) < 4.78 is 18.1. The molecule has 0 aromatic heterocycles. The summed E-state index contributed by atoms with van der Waals surface area (Å²) in [5, 5.41) is 32.6. The van der Waals surface area contributed by atoms with Gasteiger partial charge in [-0.15, -0.1) is 0 Å². The lowest BCUT2D eigenvalue weighted by Crippen LogP contribution is -2.60. The maximum absolute atomic E-state index is 12.7. The highest BCUT2D eigenvalue weighted by molar-refractivity contribution is 5.69. The van der Waals surface area contributed by atoms with Crippen molar-refractivity contribution in [2.24, 2.45) is 52.3 Å². The zero-order valence-electron chi connectivity index (χ0n) is 41.7. The van der Waals surface area contributed by atoms with Crippen LogP contribution in [-0.4, -0.2) is 64.7 Å². The van der Waals surface area contributed by atoms with E-state index in [4.69, 9.17) is 14.2 Å². The monoisotopic (exact) mass is 883 g/mol. The minimum Gasteiger partial charge on any atom is -0.463 e. The first-order valence-corrected chi connectivity index (χ1v) is 27.2. The molecule has 4 fully saturated rings. The van der Waals surface area contributed by atoms with E-state index >= 15 is 0 Å². The van der Waals surface area contributed by atoms with E-state index in [1.807, 2.05) is 0 Å². The molecule has 0 aromatic carbocycles. The Morgan fingerprint density at radius 3 is 1.90 bits per heavy atom. The molecule has 63 heavy (non-hydrogen) atoms. The third-order valence-corrected chi connectivity index (χ3v) is 17.9. The summed E-state index contributed by atoms with van der Waals surface area (Å²) in [6, 6.07) is 0. The standard InChI is InChI=1S/C56H98O7/c1-8-9-10-11-12-13-14-15-16-17-18-19-20-21-22-23-24-25-26-27-50(57)61-39-49-51(58)52(59)53(60)54(63-49)62-44-34-36-55(6)43(38-44)30-31-45-47-33-32-46(56(47,7)37-35-48(45)55)42(5)29-28-41(4)40(2)3/h28-30,40-42,44-49,51-54,58-60H,8-27,31-39H2,1-7H3/b29-28+. The van der Waals surface area contributed by atoms with Crippen LogP contribution in [0.5, 0.6) is 0 Å². The quantitative estimate of drug-likeness (QED) is 0.0408. The molecule has 364 valence electrons. The predicted molar refractivity (Wildman–Crippen MR) is 258 cm³/mol. The van der Waals surface area contributed by atoms with Crippen molar-refractivity contribution in [3.63, 3.8) is 0 Å². The van der Waals surface area contributed by atoms with Crippen LogP contribution in [-0.2, 0) is 19.0 Å². The SMILES string of the molecule is CCCCCCCCCCCCCCCCCCCCCC(=O)OCC1OC(OC2CCC3(C)C(=CCC4C3CCC3(C)C(C(C)/C=C/C(C)C(C)C)CCC43)C2)C(O)C(O)C1O. The molecule has 1 aliphatic heterocycles. The number of aliphatic hydroxyl groups is 3. The number of fused-ring (bicyclic) bond motifs is 5. The Balaban J connectivity index is 0.960. The Hall–Kier alpha value is -1.25. The molecule has 0 spiro atoms. The molecule has 0 amide bonds. The summed E-state index contributed by atoms with van der Waals surface area (Å²) in [5.74, 6) is 4.56. The van der Waals surface area contributed by atoms with Crippen LogP contribution in [0.3, 0.4) is 0 Å². The van der Waals surface area contributed by atoms with Gasteiger partial charge in [-0.05, 0) is 110 Å². The van der Waals surface area contributed by atoms with Crippen LogP contribution in [0.4, 0.5) is 0 Å². The number of esters is 1. The van der Waals surface area contributed by atoms with E-state index in [2.05, 4.69) is 66.7 Å². The van der Waals surface area contributed by atoms with Crippen molar-refractivity contribution in [1.82, 2.24) is 0 Å². The molecular weight excluding hydrogens is 785 g/mol. The molecular formula is C56H98O7. The van der Waals surface area contributed by atoms with Crippen molar-refractivity contribution >= 4 is 5.97 Å². The van der Waals surface area contributed by atoms with Gasteiger partial charge >= 0.3 is 5.97 Å². The van der Waals surface area contributed by atoms with Crippen LogP contribution < -0.4 is 0 Å². The number of ether oxygens (including phenoxy) is 3. The van der Waals surface area contributed by atoms with E-state index in [1.54, 1.807) is 0 Å². The third-order valence-electron chi connectivity index (χ3n) is 17.9. The minimum atomic E-state index is -1.45. The second kappa shape index (κ2) is 26.3. The number of unbranched alkanes of at least 4 members (excludes halogenated alkanes) is 18. The molecule has 5 rings (SSSR count). The molecule has 14 unspecified atom stereocenters. The third kappa shape index (κ3) is 14.6. The van der Waals surface area contributed by atoms with Crippen LogP contribution in [0.2, 0.25) is 0 Å². The molecule has 0 aromatic rings. The lowest BCUT2D eigenvalue weighted by Gasteiger charge is -2.58. The Morgan fingerprint density at radius 1 is 0.730 bits per heavy atom. The summed E-state index contributed by atoms with van der Waals surface area (Å²) in [6.07, 6.45) is 35.5. The van der Waals surface area contributed by atoms with Gasteiger partial charge < -0.3 is 29.5 Å². The Labute approximate surface area is 386 Å². The Morgan fingerprint density at radius 2 is 1.32 bits per heavy atom. The molecule has 5 aliphatic rings. The molecule has 0 radical (unpaired) electrons. The summed E-state index contributed by atoms with van der Waals surface area (Å²) in [4.78, 5) is 12.7. The minimum absolute atomic E-state index is 0.147. The van der Waals surface area contributed by atoms with Gasteiger partial charge in [-0.1, -0.05) is 188 Å². The average molecular weight is 883 g/mol.